The molecule has 0 fully saturated rings. The Balaban J connectivity index is 3.23. The Morgan fingerprint density at radius 3 is 2.73 bits per heavy atom. The fourth-order valence-electron chi connectivity index (χ4n) is 1.68. The van der Waals surface area contributed by atoms with Gasteiger partial charge < -0.3 is 9.53 Å². The first kappa shape index (κ1) is 12.2. The normalized spacial score (nSPS) is 12.3. The summed E-state index contributed by atoms with van der Waals surface area (Å²) < 4.78 is 6.38. The van der Waals surface area contributed by atoms with E-state index in [-0.39, 0.29) is 5.92 Å². The number of benzene rings is 1. The summed E-state index contributed by atoms with van der Waals surface area (Å²) in [6, 6.07) is 3.99. The maximum Gasteiger partial charge on any atom is 0.126 e. The summed E-state index contributed by atoms with van der Waals surface area (Å²) in [5, 5.41) is 0. The van der Waals surface area contributed by atoms with Gasteiger partial charge in [0.1, 0.15) is 12.0 Å². The lowest BCUT2D eigenvalue weighted by Gasteiger charge is -2.17. The Morgan fingerprint density at radius 2 is 2.20 bits per heavy atom. The molecule has 0 spiro atoms. The second-order valence-corrected chi connectivity index (χ2v) is 4.47. The number of hydrogen-bond acceptors (Lipinski definition) is 2. The average Bonchev–Trinajstić information content (AvgIpc) is 2.21. The first-order valence-corrected chi connectivity index (χ1v) is 5.67. The molecule has 1 aromatic rings. The number of ether oxygens (including phenoxy) is 1. The van der Waals surface area contributed by atoms with Crippen molar-refractivity contribution in [2.24, 2.45) is 0 Å². The summed E-state index contributed by atoms with van der Waals surface area (Å²) in [4.78, 5) is 10.5. The van der Waals surface area contributed by atoms with Gasteiger partial charge in [-0.1, -0.05) is 28.9 Å². The first-order chi connectivity index (χ1) is 7.11. The van der Waals surface area contributed by atoms with Crippen molar-refractivity contribution >= 4 is 22.2 Å². The Bertz CT molecular complexity index is 361. The SMILES string of the molecule is COc1c(C)ccc(Br)c1C(C)CC=O. The smallest absolute Gasteiger partial charge is 0.126 e. The maximum atomic E-state index is 10.5. The third kappa shape index (κ3) is 2.59. The number of methoxy groups -OCH3 is 1. The van der Waals surface area contributed by atoms with Gasteiger partial charge in [0.05, 0.1) is 7.11 Å². The van der Waals surface area contributed by atoms with Crippen LogP contribution in [0.2, 0.25) is 0 Å². The zero-order chi connectivity index (χ0) is 11.4. The number of aryl methyl sites for hydroxylation is 1. The molecule has 0 bridgehead atoms. The molecular formula is C12H15BrO2. The molecule has 0 amide bonds. The van der Waals surface area contributed by atoms with E-state index < -0.39 is 0 Å². The highest BCUT2D eigenvalue weighted by Gasteiger charge is 2.16. The van der Waals surface area contributed by atoms with Crippen LogP contribution >= 0.6 is 15.9 Å². The fraction of sp³-hybridized carbons (Fsp3) is 0.417. The topological polar surface area (TPSA) is 26.3 Å². The number of carbonyl (C=O) groups is 1. The van der Waals surface area contributed by atoms with Crippen molar-refractivity contribution in [3.63, 3.8) is 0 Å². The minimum Gasteiger partial charge on any atom is -0.496 e. The highest BCUT2D eigenvalue weighted by atomic mass is 79.9. The lowest BCUT2D eigenvalue weighted by molar-refractivity contribution is -0.108. The molecular weight excluding hydrogens is 256 g/mol. The summed E-state index contributed by atoms with van der Waals surface area (Å²) >= 11 is 3.50. The third-order valence-electron chi connectivity index (χ3n) is 2.49. The van der Waals surface area contributed by atoms with Gasteiger partial charge in [0.25, 0.3) is 0 Å². The molecule has 1 unspecified atom stereocenters. The van der Waals surface area contributed by atoms with Gasteiger partial charge in [0.15, 0.2) is 0 Å². The predicted molar refractivity (Wildman–Crippen MR) is 64.5 cm³/mol. The van der Waals surface area contributed by atoms with Crippen LogP contribution in [0.15, 0.2) is 16.6 Å². The summed E-state index contributed by atoms with van der Waals surface area (Å²) in [6.07, 6.45) is 1.46. The van der Waals surface area contributed by atoms with Crippen molar-refractivity contribution in [3.8, 4) is 5.75 Å². The van der Waals surface area contributed by atoms with Gasteiger partial charge in [0.2, 0.25) is 0 Å². The molecule has 82 valence electrons. The highest BCUT2D eigenvalue weighted by Crippen LogP contribution is 2.37. The molecule has 0 N–H and O–H groups in total. The van der Waals surface area contributed by atoms with E-state index in [0.29, 0.717) is 6.42 Å². The monoisotopic (exact) mass is 270 g/mol. The number of rotatable bonds is 4. The number of halogens is 1. The van der Waals surface area contributed by atoms with Crippen molar-refractivity contribution in [3.05, 3.63) is 27.7 Å². The van der Waals surface area contributed by atoms with Crippen LogP contribution in [-0.4, -0.2) is 13.4 Å². The van der Waals surface area contributed by atoms with Crippen LogP contribution < -0.4 is 4.74 Å². The molecule has 0 aliphatic heterocycles. The molecule has 0 radical (unpaired) electrons. The van der Waals surface area contributed by atoms with Crippen molar-refractivity contribution in [1.82, 2.24) is 0 Å². The Kier molecular flexibility index (Phi) is 4.33. The summed E-state index contributed by atoms with van der Waals surface area (Å²) in [6.45, 7) is 4.03. The van der Waals surface area contributed by atoms with Crippen LogP contribution in [0.5, 0.6) is 5.75 Å². The van der Waals surface area contributed by atoms with Crippen molar-refractivity contribution < 1.29 is 9.53 Å². The van der Waals surface area contributed by atoms with Crippen LogP contribution in [-0.2, 0) is 4.79 Å². The molecule has 1 rings (SSSR count). The van der Waals surface area contributed by atoms with Gasteiger partial charge in [-0.3, -0.25) is 0 Å². The van der Waals surface area contributed by atoms with Crippen LogP contribution in [0.3, 0.4) is 0 Å². The van der Waals surface area contributed by atoms with Crippen molar-refractivity contribution in [2.75, 3.05) is 7.11 Å². The molecule has 15 heavy (non-hydrogen) atoms. The van der Waals surface area contributed by atoms with E-state index in [9.17, 15) is 4.79 Å². The summed E-state index contributed by atoms with van der Waals surface area (Å²) in [5.41, 5.74) is 2.16. The molecule has 0 aromatic heterocycles. The molecule has 0 heterocycles. The highest BCUT2D eigenvalue weighted by molar-refractivity contribution is 9.10. The Hall–Kier alpha value is -0.830. The minimum absolute atomic E-state index is 0.173. The van der Waals surface area contributed by atoms with Gasteiger partial charge in [-0.15, -0.1) is 0 Å². The Labute approximate surface area is 98.8 Å². The standard InChI is InChI=1S/C12H15BrO2/c1-8(6-7-14)11-10(13)5-4-9(2)12(11)15-3/h4-5,7-8H,6H2,1-3H3. The molecule has 1 aromatic carbocycles. The maximum absolute atomic E-state index is 10.5. The molecule has 0 saturated carbocycles. The first-order valence-electron chi connectivity index (χ1n) is 4.88. The van der Waals surface area contributed by atoms with E-state index in [0.717, 1.165) is 27.6 Å². The molecule has 0 saturated heterocycles. The summed E-state index contributed by atoms with van der Waals surface area (Å²) in [5.74, 6) is 1.05. The average molecular weight is 271 g/mol. The largest absolute Gasteiger partial charge is 0.496 e. The lowest BCUT2D eigenvalue weighted by atomic mass is 9.95. The van der Waals surface area contributed by atoms with Gasteiger partial charge in [0, 0.05) is 16.5 Å². The van der Waals surface area contributed by atoms with Crippen molar-refractivity contribution in [2.45, 2.75) is 26.2 Å². The van der Waals surface area contributed by atoms with E-state index in [1.165, 1.54) is 0 Å². The molecule has 1 atom stereocenters. The van der Waals surface area contributed by atoms with Crippen LogP contribution in [0.1, 0.15) is 30.4 Å². The molecule has 2 nitrogen and oxygen atoms in total. The number of carbonyl (C=O) groups excluding carboxylic acids is 1. The second-order valence-electron chi connectivity index (χ2n) is 3.61. The quantitative estimate of drug-likeness (QED) is 0.784. The van der Waals surface area contributed by atoms with Gasteiger partial charge in [-0.2, -0.15) is 0 Å². The van der Waals surface area contributed by atoms with E-state index in [4.69, 9.17) is 4.74 Å². The zero-order valence-electron chi connectivity index (χ0n) is 9.21. The lowest BCUT2D eigenvalue weighted by Crippen LogP contribution is -2.01. The molecule has 3 heteroatoms. The van der Waals surface area contributed by atoms with Gasteiger partial charge >= 0.3 is 0 Å². The minimum atomic E-state index is 0.173. The Morgan fingerprint density at radius 1 is 1.53 bits per heavy atom. The van der Waals surface area contributed by atoms with Gasteiger partial charge in [-0.25, -0.2) is 0 Å². The fourth-order valence-corrected chi connectivity index (χ4v) is 2.38. The van der Waals surface area contributed by atoms with Crippen LogP contribution in [0.4, 0.5) is 0 Å². The van der Waals surface area contributed by atoms with Crippen LogP contribution in [0, 0.1) is 6.92 Å². The van der Waals surface area contributed by atoms with Gasteiger partial charge in [-0.05, 0) is 24.5 Å². The van der Waals surface area contributed by atoms with Crippen LogP contribution in [0.25, 0.3) is 0 Å². The second kappa shape index (κ2) is 5.31. The molecule has 0 aliphatic carbocycles. The van der Waals surface area contributed by atoms with Crippen molar-refractivity contribution in [1.29, 1.82) is 0 Å². The van der Waals surface area contributed by atoms with E-state index in [1.807, 2.05) is 26.0 Å². The third-order valence-corrected chi connectivity index (χ3v) is 3.18. The zero-order valence-corrected chi connectivity index (χ0v) is 10.8. The predicted octanol–water partition coefficient (Wildman–Crippen LogP) is 3.46. The molecule has 0 aliphatic rings. The van der Waals surface area contributed by atoms with E-state index >= 15 is 0 Å². The summed E-state index contributed by atoms with van der Waals surface area (Å²) in [7, 11) is 1.66. The number of aldehydes is 1. The van der Waals surface area contributed by atoms with E-state index in [2.05, 4.69) is 15.9 Å². The number of hydrogen-bond donors (Lipinski definition) is 0. The van der Waals surface area contributed by atoms with E-state index in [1.54, 1.807) is 7.11 Å².